The summed E-state index contributed by atoms with van der Waals surface area (Å²) < 4.78 is 31.4. The van der Waals surface area contributed by atoms with Gasteiger partial charge in [0.25, 0.3) is 5.56 Å². The summed E-state index contributed by atoms with van der Waals surface area (Å²) in [5, 5.41) is 7.17. The third kappa shape index (κ3) is 3.80. The van der Waals surface area contributed by atoms with Crippen molar-refractivity contribution < 1.29 is 17.9 Å². The van der Waals surface area contributed by atoms with Crippen LogP contribution in [0.4, 0.5) is 5.69 Å². The minimum Gasteiger partial charge on any atom is -0.495 e. The quantitative estimate of drug-likeness (QED) is 0.636. The van der Waals surface area contributed by atoms with Gasteiger partial charge in [0.05, 0.1) is 36.5 Å². The highest BCUT2D eigenvalue weighted by Gasteiger charge is 2.31. The van der Waals surface area contributed by atoms with Crippen LogP contribution in [0.5, 0.6) is 5.75 Å². The number of rotatable bonds is 5. The molecule has 1 atom stereocenters. The van der Waals surface area contributed by atoms with E-state index >= 15 is 0 Å². The third-order valence-corrected chi connectivity index (χ3v) is 6.83. The number of carbonyl (C=O) groups is 1. The minimum absolute atomic E-state index is 0.0186. The van der Waals surface area contributed by atoms with Crippen LogP contribution < -0.4 is 15.6 Å². The summed E-state index contributed by atoms with van der Waals surface area (Å²) in [5.74, 6) is 0.188. The highest BCUT2D eigenvalue weighted by Crippen LogP contribution is 2.26. The van der Waals surface area contributed by atoms with Gasteiger partial charge in [0.15, 0.2) is 15.5 Å². The van der Waals surface area contributed by atoms with Gasteiger partial charge in [0, 0.05) is 0 Å². The molecule has 0 radical (unpaired) electrons. The van der Waals surface area contributed by atoms with E-state index in [0.29, 0.717) is 23.5 Å². The van der Waals surface area contributed by atoms with Crippen molar-refractivity contribution in [2.24, 2.45) is 0 Å². The number of hydrogen-bond acceptors (Lipinski definition) is 7. The van der Waals surface area contributed by atoms with Crippen LogP contribution >= 0.6 is 0 Å². The molecule has 1 N–H and O–H groups in total. The lowest BCUT2D eigenvalue weighted by Gasteiger charge is -2.12. The van der Waals surface area contributed by atoms with E-state index in [2.05, 4.69) is 15.4 Å². The first kappa shape index (κ1) is 20.1. The van der Waals surface area contributed by atoms with Crippen molar-refractivity contribution >= 4 is 32.5 Å². The molecule has 158 valence electrons. The van der Waals surface area contributed by atoms with E-state index in [4.69, 9.17) is 4.74 Å². The summed E-state index contributed by atoms with van der Waals surface area (Å²) in [6.07, 6.45) is 3.08. The van der Waals surface area contributed by atoms with Crippen molar-refractivity contribution in [2.45, 2.75) is 25.9 Å². The maximum absolute atomic E-state index is 12.8. The molecule has 4 rings (SSSR count). The van der Waals surface area contributed by atoms with Crippen molar-refractivity contribution in [3.63, 3.8) is 0 Å². The van der Waals surface area contributed by atoms with Crippen LogP contribution in [0.1, 0.15) is 18.0 Å². The van der Waals surface area contributed by atoms with Gasteiger partial charge in [-0.1, -0.05) is 6.07 Å². The lowest BCUT2D eigenvalue weighted by molar-refractivity contribution is -0.116. The SMILES string of the molecule is COc1ccc(C)cc1NC(=O)Cn1cnc2c(cnn2[C@H]2CCS(=O)(=O)C2)c1=O. The Morgan fingerprint density at radius 3 is 2.87 bits per heavy atom. The van der Waals surface area contributed by atoms with Crippen LogP contribution in [-0.4, -0.2) is 52.3 Å². The number of aromatic nitrogens is 4. The number of fused-ring (bicyclic) bond motifs is 1. The van der Waals surface area contributed by atoms with Crippen LogP contribution in [0.3, 0.4) is 0 Å². The van der Waals surface area contributed by atoms with Gasteiger partial charge in [-0.05, 0) is 31.0 Å². The molecule has 2 aromatic heterocycles. The third-order valence-electron chi connectivity index (χ3n) is 5.08. The summed E-state index contributed by atoms with van der Waals surface area (Å²) in [5.41, 5.74) is 1.37. The van der Waals surface area contributed by atoms with Gasteiger partial charge in [-0.25, -0.2) is 18.1 Å². The highest BCUT2D eigenvalue weighted by molar-refractivity contribution is 7.91. The van der Waals surface area contributed by atoms with Crippen LogP contribution in [0.2, 0.25) is 0 Å². The number of nitrogens with one attached hydrogen (secondary N) is 1. The zero-order valence-electron chi connectivity index (χ0n) is 16.5. The molecule has 10 nitrogen and oxygen atoms in total. The lowest BCUT2D eigenvalue weighted by Crippen LogP contribution is -2.28. The molecule has 3 aromatic rings. The number of anilines is 1. The summed E-state index contributed by atoms with van der Waals surface area (Å²) >= 11 is 0. The number of carbonyl (C=O) groups excluding carboxylic acids is 1. The molecule has 0 aliphatic carbocycles. The standard InChI is InChI=1S/C19H21N5O5S/c1-12-3-4-16(29-2)15(7-12)22-17(25)9-23-11-20-18-14(19(23)26)8-21-24(18)13-5-6-30(27,28)10-13/h3-4,7-8,11,13H,5-6,9-10H2,1-2H3,(H,22,25)/t13-/m0/s1. The van der Waals surface area contributed by atoms with E-state index < -0.39 is 21.3 Å². The predicted octanol–water partition coefficient (Wildman–Crippen LogP) is 0.908. The Morgan fingerprint density at radius 2 is 2.17 bits per heavy atom. The maximum atomic E-state index is 12.8. The number of sulfone groups is 1. The summed E-state index contributed by atoms with van der Waals surface area (Å²) in [4.78, 5) is 29.6. The molecule has 0 saturated carbocycles. The normalized spacial score (nSPS) is 17.9. The maximum Gasteiger partial charge on any atom is 0.264 e. The number of amides is 1. The molecular formula is C19H21N5O5S. The van der Waals surface area contributed by atoms with Gasteiger partial charge >= 0.3 is 0 Å². The van der Waals surface area contributed by atoms with Crippen LogP contribution in [0.25, 0.3) is 11.0 Å². The second-order valence-electron chi connectivity index (χ2n) is 7.31. The molecule has 1 aromatic carbocycles. The number of ether oxygens (including phenoxy) is 1. The van der Waals surface area contributed by atoms with Crippen molar-refractivity contribution in [3.8, 4) is 5.75 Å². The Hall–Kier alpha value is -3.21. The molecule has 1 aliphatic heterocycles. The second-order valence-corrected chi connectivity index (χ2v) is 9.54. The molecule has 1 saturated heterocycles. The van der Waals surface area contributed by atoms with Crippen molar-refractivity contribution in [3.05, 3.63) is 46.6 Å². The van der Waals surface area contributed by atoms with Gasteiger partial charge in [0.1, 0.15) is 24.0 Å². The van der Waals surface area contributed by atoms with Crippen molar-refractivity contribution in [2.75, 3.05) is 23.9 Å². The fourth-order valence-corrected chi connectivity index (χ4v) is 5.27. The smallest absolute Gasteiger partial charge is 0.264 e. The lowest BCUT2D eigenvalue weighted by atomic mass is 10.2. The Balaban J connectivity index is 1.57. The van der Waals surface area contributed by atoms with E-state index in [9.17, 15) is 18.0 Å². The van der Waals surface area contributed by atoms with Gasteiger partial charge in [-0.3, -0.25) is 14.2 Å². The Kier molecular flexibility index (Phi) is 5.06. The number of benzene rings is 1. The minimum atomic E-state index is -3.10. The van der Waals surface area contributed by atoms with Crippen LogP contribution in [-0.2, 0) is 21.2 Å². The average Bonchev–Trinajstić information content (AvgIpc) is 3.27. The van der Waals surface area contributed by atoms with Crippen molar-refractivity contribution in [1.82, 2.24) is 19.3 Å². The molecule has 0 spiro atoms. The number of nitrogens with zero attached hydrogens (tertiary/aromatic N) is 4. The first-order valence-corrected chi connectivity index (χ1v) is 11.2. The van der Waals surface area contributed by atoms with Crippen LogP contribution in [0.15, 0.2) is 35.5 Å². The molecular weight excluding hydrogens is 410 g/mol. The predicted molar refractivity (Wildman–Crippen MR) is 110 cm³/mol. The average molecular weight is 431 g/mol. The number of aryl methyl sites for hydroxylation is 1. The van der Waals surface area contributed by atoms with E-state index in [1.165, 1.54) is 28.9 Å². The topological polar surface area (TPSA) is 125 Å². The molecule has 30 heavy (non-hydrogen) atoms. The second kappa shape index (κ2) is 7.56. The van der Waals surface area contributed by atoms with Gasteiger partial charge < -0.3 is 10.1 Å². The highest BCUT2D eigenvalue weighted by atomic mass is 32.2. The first-order valence-electron chi connectivity index (χ1n) is 9.35. The largest absolute Gasteiger partial charge is 0.495 e. The van der Waals surface area contributed by atoms with E-state index in [1.54, 1.807) is 12.1 Å². The molecule has 0 unspecified atom stereocenters. The van der Waals surface area contributed by atoms with E-state index in [-0.39, 0.29) is 29.5 Å². The monoisotopic (exact) mass is 431 g/mol. The summed E-state index contributed by atoms with van der Waals surface area (Å²) in [6, 6.07) is 5.06. The first-order chi connectivity index (χ1) is 14.3. The molecule has 1 aliphatic rings. The molecule has 0 bridgehead atoms. The van der Waals surface area contributed by atoms with E-state index in [0.717, 1.165) is 5.56 Å². The van der Waals surface area contributed by atoms with Gasteiger partial charge in [-0.2, -0.15) is 5.10 Å². The number of methoxy groups -OCH3 is 1. The van der Waals surface area contributed by atoms with Gasteiger partial charge in [-0.15, -0.1) is 0 Å². The van der Waals surface area contributed by atoms with E-state index in [1.807, 2.05) is 13.0 Å². The van der Waals surface area contributed by atoms with Crippen LogP contribution in [0, 0.1) is 6.92 Å². The summed E-state index contributed by atoms with van der Waals surface area (Å²) in [7, 11) is -1.59. The van der Waals surface area contributed by atoms with Crippen molar-refractivity contribution in [1.29, 1.82) is 0 Å². The Morgan fingerprint density at radius 1 is 1.37 bits per heavy atom. The molecule has 1 amide bonds. The zero-order valence-corrected chi connectivity index (χ0v) is 17.3. The molecule has 11 heteroatoms. The molecule has 3 heterocycles. The fourth-order valence-electron chi connectivity index (χ4n) is 3.58. The zero-order chi connectivity index (χ0) is 21.5. The molecule has 1 fully saturated rings. The Labute approximate surface area is 172 Å². The Bertz CT molecular complexity index is 1290. The number of hydrogen-bond donors (Lipinski definition) is 1. The fraction of sp³-hybridized carbons (Fsp3) is 0.368. The van der Waals surface area contributed by atoms with Gasteiger partial charge in [0.2, 0.25) is 5.91 Å². The summed E-state index contributed by atoms with van der Waals surface area (Å²) in [6.45, 7) is 1.66.